The molecule has 0 amide bonds. The first-order valence-electron chi connectivity index (χ1n) is 45.8. The zero-order valence-electron chi connectivity index (χ0n) is 79.6. The molecule has 11 atom stereocenters. The molecule has 15 rings (SSSR count). The Labute approximate surface area is 789 Å². The summed E-state index contributed by atoms with van der Waals surface area (Å²) in [6, 6.07) is 25.9. The van der Waals surface area contributed by atoms with Gasteiger partial charge in [-0.2, -0.15) is 70.2 Å². The second kappa shape index (κ2) is 47.6. The van der Waals surface area contributed by atoms with Crippen molar-refractivity contribution in [3.63, 3.8) is 0 Å². The van der Waals surface area contributed by atoms with Crippen LogP contribution in [0.15, 0.2) is 72.8 Å². The van der Waals surface area contributed by atoms with Crippen molar-refractivity contribution in [2.75, 3.05) is 46.2 Å². The quantitative estimate of drug-likeness (QED) is 0.0543. The Kier molecular flexibility index (Phi) is 39.7. The van der Waals surface area contributed by atoms with Gasteiger partial charge in [0.05, 0.1) is 32.3 Å². The number of hydrogen-bond acceptors (Lipinski definition) is 25. The maximum absolute atomic E-state index is 13.2. The Morgan fingerprint density at radius 2 is 0.891 bits per heavy atom. The Hall–Kier alpha value is -9.86. The fourth-order valence-corrected chi connectivity index (χ4v) is 18.4. The van der Waals surface area contributed by atoms with Gasteiger partial charge < -0.3 is 61.6 Å². The summed E-state index contributed by atoms with van der Waals surface area (Å²) in [7, 11) is 0. The number of aryl methyl sites for hydroxylation is 3. The summed E-state index contributed by atoms with van der Waals surface area (Å²) in [5.74, 6) is -40.4. The van der Waals surface area contributed by atoms with Gasteiger partial charge in [0.1, 0.15) is 38.1 Å². The molecule has 5 aliphatic heterocycles. The smallest absolute Gasteiger partial charge is 0.377 e. The number of rotatable bonds is 21. The van der Waals surface area contributed by atoms with Crippen LogP contribution in [0.5, 0.6) is 0 Å². The predicted octanol–water partition coefficient (Wildman–Crippen LogP) is 19.3. The van der Waals surface area contributed by atoms with E-state index in [1.165, 1.54) is 59.6 Å². The highest BCUT2D eigenvalue weighted by Crippen LogP contribution is 2.66. The zero-order chi connectivity index (χ0) is 104. The van der Waals surface area contributed by atoms with Crippen LogP contribution in [0, 0.1) is 55.3 Å². The van der Waals surface area contributed by atoms with E-state index in [0.717, 1.165) is 83.5 Å². The largest absolute Gasteiger partial charge is 0.463 e. The predicted molar refractivity (Wildman–Crippen MR) is 457 cm³/mol. The van der Waals surface area contributed by atoms with E-state index >= 15 is 0 Å². The first kappa shape index (κ1) is 115. The molecule has 7 aliphatic carbocycles. The van der Waals surface area contributed by atoms with Gasteiger partial charge >= 0.3 is 119 Å². The van der Waals surface area contributed by atoms with Crippen LogP contribution in [0.1, 0.15) is 263 Å². The summed E-state index contributed by atoms with van der Waals surface area (Å²) < 4.78 is 262. The molecule has 0 aromatic heterocycles. The third-order valence-corrected chi connectivity index (χ3v) is 25.3. The molecular formula is C97H124F16O25. The van der Waals surface area contributed by atoms with Crippen LogP contribution in [-0.2, 0) is 125 Å². The second-order valence-electron chi connectivity index (χ2n) is 39.0. The SMILES string of the molecule is CC(F)(F)C(=O)OC1(C)CCOC1=O.CC(F)(F)C(=O)OC1C(=O)OCC1(C)C.CC(F)(F)C(=O)OC1CCOC1=O.CC(F)(F)C(=O)OC1COC(=O)C1.CC(F)(F)C(=O)OCC1CCCCO1.Cc1ccc(C23CC4CC(CC(COC(=O)C(C)(F)F)(C4)C2)C3)cc1.Cc1ccc(C2CCC(OC(=O)C(C)(F)F)CC2)cc1.Cc1ccc(C2CCCC3C(OC(=O)C(C)(F)F)CCCC23)cc1. The summed E-state index contributed by atoms with van der Waals surface area (Å²) >= 11 is 0. The lowest BCUT2D eigenvalue weighted by atomic mass is 9.43. The van der Waals surface area contributed by atoms with E-state index in [1.807, 2.05) is 6.92 Å². The molecule has 3 aromatic rings. The highest BCUT2D eigenvalue weighted by molar-refractivity contribution is 5.87. The van der Waals surface area contributed by atoms with Crippen molar-refractivity contribution in [1.29, 1.82) is 0 Å². The van der Waals surface area contributed by atoms with Crippen molar-refractivity contribution < 1.29 is 189 Å². The van der Waals surface area contributed by atoms with Crippen LogP contribution < -0.4 is 0 Å². The lowest BCUT2D eigenvalue weighted by molar-refractivity contribution is -0.188. The van der Waals surface area contributed by atoms with Gasteiger partial charge in [-0.1, -0.05) is 110 Å². The van der Waals surface area contributed by atoms with Crippen LogP contribution in [0.4, 0.5) is 70.2 Å². The van der Waals surface area contributed by atoms with Gasteiger partial charge in [-0.3, -0.25) is 4.79 Å². The molecule has 0 N–H and O–H groups in total. The van der Waals surface area contributed by atoms with Crippen LogP contribution in [0.25, 0.3) is 0 Å². The van der Waals surface area contributed by atoms with E-state index in [2.05, 4.69) is 129 Å². The molecular weight excluding hydrogens is 1870 g/mol. The standard InChI is InChI=1S/C21H26F2O2.C20H26F2O2.C16H20F2O2.C9H12F2O4.C9H14F2O3.C8H10F2O4.2C7H8F2O4/c1-14-3-5-17(6-4-14)21-10-15-7-16(11-21)9-20(8-15,12-21)13-25-18(24)19(2,22)23;1-13-9-11-14(12-10-13)15-5-3-7-17-16(15)6-4-8-18(17)24-19(23)20(2,21)22;1-11-3-5-12(6-4-11)13-7-9-14(10-8-13)20-15(19)16(2,17)18;1-8(2)4-14-6(12)5(8)15-7(13)9(3,10)11;1-9(10,11)8(12)14-6-7-4-2-3-5-13-7;1-7(3-4-13-5(7)11)14-6(12)8(2,9)10;1-7(8,9)6(11)13-4-2-5(10)12-3-4;1-7(8,9)6(11)13-4-2-3-12-5(4)10/h3-6,15-16H,7-13H2,1-2H3;9-12,15-18H,3-8H2,1-2H3;3-6,13-14H,7-10H2,1-2H3;5H,4H2,1-3H3;7H,2-6H2,1H3;3-4H2,1-2H3;2*4H,2-3H2,1H3. The van der Waals surface area contributed by atoms with Crippen molar-refractivity contribution in [1.82, 2.24) is 0 Å². The number of cyclic esters (lactones) is 4. The van der Waals surface area contributed by atoms with E-state index in [0.29, 0.717) is 111 Å². The van der Waals surface area contributed by atoms with Crippen molar-refractivity contribution in [2.45, 2.75) is 345 Å². The molecule has 774 valence electrons. The molecule has 12 aliphatic rings. The number of ether oxygens (including phenoxy) is 13. The highest BCUT2D eigenvalue weighted by Gasteiger charge is 2.60. The zero-order valence-corrected chi connectivity index (χ0v) is 79.6. The van der Waals surface area contributed by atoms with E-state index < -0.39 is 148 Å². The van der Waals surface area contributed by atoms with Crippen LogP contribution in [-0.4, -0.2) is 207 Å². The third kappa shape index (κ3) is 34.8. The number of fused-ring (bicyclic) bond motifs is 1. The first-order chi connectivity index (χ1) is 63.6. The van der Waals surface area contributed by atoms with Gasteiger partial charge in [0.15, 0.2) is 0 Å². The molecule has 41 heteroatoms. The van der Waals surface area contributed by atoms with Crippen molar-refractivity contribution in [3.8, 4) is 0 Å². The van der Waals surface area contributed by atoms with Crippen molar-refractivity contribution in [3.05, 3.63) is 106 Å². The maximum Gasteiger partial charge on any atom is 0.377 e. The second-order valence-corrected chi connectivity index (χ2v) is 39.0. The molecule has 3 aromatic carbocycles. The maximum atomic E-state index is 13.2. The Balaban J connectivity index is 0.000000218. The molecule has 5 heterocycles. The van der Waals surface area contributed by atoms with Gasteiger partial charge in [-0.15, -0.1) is 0 Å². The fourth-order valence-electron chi connectivity index (χ4n) is 18.4. The van der Waals surface area contributed by atoms with Crippen molar-refractivity contribution >= 4 is 71.6 Å². The summed E-state index contributed by atoms with van der Waals surface area (Å²) in [6.07, 6.45) is 14.2. The molecule has 0 spiro atoms. The highest BCUT2D eigenvalue weighted by atomic mass is 19.3. The van der Waals surface area contributed by atoms with E-state index in [1.54, 1.807) is 13.8 Å². The minimum atomic E-state index is -3.60. The van der Waals surface area contributed by atoms with Crippen LogP contribution in [0.2, 0.25) is 0 Å². The summed E-state index contributed by atoms with van der Waals surface area (Å²) in [4.78, 5) is 131. The molecule has 12 fully saturated rings. The van der Waals surface area contributed by atoms with Gasteiger partial charge in [0, 0.05) is 85.7 Å². The Bertz CT molecular complexity index is 4590. The molecule has 11 unspecified atom stereocenters. The lowest BCUT2D eigenvalue weighted by Gasteiger charge is -2.62. The van der Waals surface area contributed by atoms with Gasteiger partial charge in [-0.25, -0.2) is 52.7 Å². The minimum Gasteiger partial charge on any atom is -0.463 e. The third-order valence-electron chi connectivity index (χ3n) is 25.3. The van der Waals surface area contributed by atoms with E-state index in [-0.39, 0.29) is 94.0 Å². The topological polar surface area (TPSA) is 325 Å². The normalized spacial score (nSPS) is 27.4. The number of alkyl halides is 16. The molecule has 5 saturated heterocycles. The summed E-state index contributed by atoms with van der Waals surface area (Å²) in [5.41, 5.74) is 5.41. The Morgan fingerprint density at radius 3 is 1.35 bits per heavy atom. The number of carbonyl (C=O) groups is 12. The molecule has 7 saturated carbocycles. The van der Waals surface area contributed by atoms with E-state index in [9.17, 15) is 128 Å². The molecule has 25 nitrogen and oxygen atoms in total. The first-order valence-corrected chi connectivity index (χ1v) is 45.8. The molecule has 138 heavy (non-hydrogen) atoms. The van der Waals surface area contributed by atoms with Crippen LogP contribution >= 0.6 is 0 Å². The Morgan fingerprint density at radius 1 is 0.420 bits per heavy atom. The fraction of sp³-hybridized carbons (Fsp3) is 0.691. The number of esters is 12. The number of hydrogen-bond donors (Lipinski definition) is 0. The van der Waals surface area contributed by atoms with E-state index in [4.69, 9.17) is 18.9 Å². The van der Waals surface area contributed by atoms with Gasteiger partial charge in [0.2, 0.25) is 17.8 Å². The summed E-state index contributed by atoms with van der Waals surface area (Å²) in [5, 5.41) is 0. The number of carbonyl (C=O) groups excluding carboxylic acids is 12. The van der Waals surface area contributed by atoms with Crippen molar-refractivity contribution in [2.24, 2.45) is 34.5 Å². The minimum absolute atomic E-state index is 0.0546. The summed E-state index contributed by atoms with van der Waals surface area (Å²) in [6.45, 7) is 15.5. The van der Waals surface area contributed by atoms with Crippen LogP contribution in [0.3, 0.4) is 0 Å². The average molecular weight is 1990 g/mol. The van der Waals surface area contributed by atoms with Gasteiger partial charge in [0.25, 0.3) is 0 Å². The number of benzene rings is 3. The molecule has 4 bridgehead atoms. The average Bonchev–Trinajstić information content (AvgIpc) is 0.865. The molecule has 0 radical (unpaired) electrons. The monoisotopic (exact) mass is 1990 g/mol. The van der Waals surface area contributed by atoms with Gasteiger partial charge in [-0.05, 0) is 201 Å². The number of halogens is 16. The lowest BCUT2D eigenvalue weighted by Crippen LogP contribution is -2.55.